The van der Waals surface area contributed by atoms with E-state index in [2.05, 4.69) is 5.32 Å². The van der Waals surface area contributed by atoms with Gasteiger partial charge in [-0.15, -0.1) is 0 Å². The Morgan fingerprint density at radius 2 is 1.88 bits per heavy atom. The molecule has 174 valence electrons. The smallest absolute Gasteiger partial charge is 0.324 e. The van der Waals surface area contributed by atoms with E-state index in [0.29, 0.717) is 11.3 Å². The highest BCUT2D eigenvalue weighted by molar-refractivity contribution is 6.24. The molecule has 0 aromatic heterocycles. The van der Waals surface area contributed by atoms with Crippen molar-refractivity contribution in [3.05, 3.63) is 53.6 Å². The number of hydrogen-bond donors (Lipinski definition) is 3. The second-order valence-electron chi connectivity index (χ2n) is 9.25. The van der Waals surface area contributed by atoms with Gasteiger partial charge in [0.2, 0.25) is 11.8 Å². The highest BCUT2D eigenvalue weighted by atomic mass is 16.5. The van der Waals surface area contributed by atoms with Crippen LogP contribution in [0.4, 0.5) is 5.69 Å². The van der Waals surface area contributed by atoms with Crippen LogP contribution in [0.3, 0.4) is 0 Å². The van der Waals surface area contributed by atoms with Crippen molar-refractivity contribution in [1.29, 1.82) is 0 Å². The quantitative estimate of drug-likeness (QED) is 0.577. The van der Waals surface area contributed by atoms with Gasteiger partial charge in [-0.05, 0) is 43.0 Å². The summed E-state index contributed by atoms with van der Waals surface area (Å²) in [4.78, 5) is 41.2. The number of fused-ring (bicyclic) bond motifs is 1. The van der Waals surface area contributed by atoms with Crippen LogP contribution >= 0.6 is 0 Å². The minimum atomic E-state index is -1.66. The number of ether oxygens (including phenoxy) is 1. The first kappa shape index (κ1) is 22.8. The van der Waals surface area contributed by atoms with Crippen LogP contribution in [0.5, 0.6) is 11.5 Å². The van der Waals surface area contributed by atoms with E-state index >= 15 is 0 Å². The molecule has 8 nitrogen and oxygen atoms in total. The van der Waals surface area contributed by atoms with Gasteiger partial charge in [-0.3, -0.25) is 19.7 Å². The van der Waals surface area contributed by atoms with Gasteiger partial charge in [0.05, 0.1) is 24.6 Å². The van der Waals surface area contributed by atoms with E-state index in [4.69, 9.17) is 4.74 Å². The van der Waals surface area contributed by atoms with Gasteiger partial charge in [-0.2, -0.15) is 0 Å². The maximum atomic E-state index is 13.7. The van der Waals surface area contributed by atoms with Gasteiger partial charge in [0, 0.05) is 11.6 Å². The van der Waals surface area contributed by atoms with Crippen molar-refractivity contribution < 1.29 is 29.3 Å². The van der Waals surface area contributed by atoms with Crippen LogP contribution in [-0.2, 0) is 14.4 Å². The summed E-state index contributed by atoms with van der Waals surface area (Å²) in [6.45, 7) is 5.60. The number of carboxylic acids is 1. The average molecular weight is 453 g/mol. The molecule has 2 amide bonds. The van der Waals surface area contributed by atoms with Gasteiger partial charge in [0.1, 0.15) is 5.54 Å². The van der Waals surface area contributed by atoms with Gasteiger partial charge in [-0.1, -0.05) is 38.1 Å². The number of hydrogen-bond acceptors (Lipinski definition) is 6. The minimum absolute atomic E-state index is 0.0668. The third-order valence-corrected chi connectivity index (χ3v) is 6.61. The summed E-state index contributed by atoms with van der Waals surface area (Å²) in [5, 5.41) is 24.3. The number of carbonyl (C=O) groups excluding carboxylic acids is 2. The van der Waals surface area contributed by atoms with Gasteiger partial charge < -0.3 is 14.9 Å². The van der Waals surface area contributed by atoms with E-state index < -0.39 is 41.2 Å². The lowest BCUT2D eigenvalue weighted by molar-refractivity contribution is -0.149. The number of benzene rings is 2. The van der Waals surface area contributed by atoms with E-state index in [-0.39, 0.29) is 23.8 Å². The van der Waals surface area contributed by atoms with Gasteiger partial charge in [0.15, 0.2) is 11.5 Å². The largest absolute Gasteiger partial charge is 0.504 e. The zero-order chi connectivity index (χ0) is 24.1. The zero-order valence-electron chi connectivity index (χ0n) is 19.0. The van der Waals surface area contributed by atoms with Crippen LogP contribution in [0.1, 0.15) is 37.4 Å². The zero-order valence-corrected chi connectivity index (χ0v) is 19.0. The molecule has 8 heteroatoms. The van der Waals surface area contributed by atoms with Crippen LogP contribution in [0.15, 0.2) is 42.5 Å². The number of aliphatic carboxylic acids is 1. The average Bonchev–Trinajstić information content (AvgIpc) is 3.22. The summed E-state index contributed by atoms with van der Waals surface area (Å²) in [5.74, 6) is -4.39. The third-order valence-electron chi connectivity index (χ3n) is 6.61. The second kappa shape index (κ2) is 8.19. The highest BCUT2D eigenvalue weighted by Gasteiger charge is 2.68. The number of carbonyl (C=O) groups is 3. The van der Waals surface area contributed by atoms with E-state index in [1.165, 1.54) is 7.11 Å². The molecule has 2 fully saturated rings. The summed E-state index contributed by atoms with van der Waals surface area (Å²) in [6, 6.07) is 11.0. The second-order valence-corrected chi connectivity index (χ2v) is 9.25. The van der Waals surface area contributed by atoms with Crippen LogP contribution in [0.2, 0.25) is 0 Å². The van der Waals surface area contributed by atoms with E-state index in [1.807, 2.05) is 26.8 Å². The fraction of sp³-hybridized carbons (Fsp3) is 0.400. The molecule has 0 bridgehead atoms. The molecule has 0 radical (unpaired) electrons. The number of imide groups is 1. The molecular weight excluding hydrogens is 424 g/mol. The molecule has 2 heterocycles. The fourth-order valence-corrected chi connectivity index (χ4v) is 5.36. The molecule has 0 saturated carbocycles. The van der Waals surface area contributed by atoms with Crippen molar-refractivity contribution in [3.8, 4) is 11.5 Å². The third kappa shape index (κ3) is 3.45. The number of methoxy groups -OCH3 is 1. The predicted octanol–water partition coefficient (Wildman–Crippen LogP) is 3.03. The SMILES string of the molecule is COc1cccc([C@@H]2N[C@](CC(C)C)(C(=O)O)[C@H]3C(=O)N(c4cccc(C)c4)C(=O)[C@H]23)c1O. The number of anilines is 1. The van der Waals surface area contributed by atoms with E-state index in [1.54, 1.807) is 36.4 Å². The predicted molar refractivity (Wildman–Crippen MR) is 121 cm³/mol. The molecule has 0 aliphatic carbocycles. The summed E-state index contributed by atoms with van der Waals surface area (Å²) in [5.41, 5.74) is -0.0538. The molecule has 3 N–H and O–H groups in total. The lowest BCUT2D eigenvalue weighted by Gasteiger charge is -2.32. The Labute approximate surface area is 192 Å². The van der Waals surface area contributed by atoms with Crippen LogP contribution in [0, 0.1) is 24.7 Å². The number of aryl methyl sites for hydroxylation is 1. The van der Waals surface area contributed by atoms with Crippen molar-refractivity contribution in [2.24, 2.45) is 17.8 Å². The first-order valence-corrected chi connectivity index (χ1v) is 10.9. The Morgan fingerprint density at radius 3 is 2.48 bits per heavy atom. The monoisotopic (exact) mass is 452 g/mol. The first-order valence-electron chi connectivity index (χ1n) is 10.9. The molecule has 2 aliphatic rings. The number of nitrogens with zero attached hydrogens (tertiary/aromatic N) is 1. The molecule has 4 rings (SSSR count). The van der Waals surface area contributed by atoms with Gasteiger partial charge in [-0.25, -0.2) is 4.90 Å². The fourth-order valence-electron chi connectivity index (χ4n) is 5.36. The number of phenols is 1. The van der Waals surface area contributed by atoms with Crippen molar-refractivity contribution in [3.63, 3.8) is 0 Å². The number of amides is 2. The van der Waals surface area contributed by atoms with Gasteiger partial charge >= 0.3 is 5.97 Å². The lowest BCUT2D eigenvalue weighted by Crippen LogP contribution is -2.56. The van der Waals surface area contributed by atoms with Crippen LogP contribution < -0.4 is 15.0 Å². The first-order chi connectivity index (χ1) is 15.6. The maximum Gasteiger partial charge on any atom is 0.324 e. The number of carboxylic acid groups (broad SMARTS) is 1. The molecule has 33 heavy (non-hydrogen) atoms. The number of aromatic hydroxyl groups is 1. The molecule has 2 aliphatic heterocycles. The van der Waals surface area contributed by atoms with Gasteiger partial charge in [0.25, 0.3) is 0 Å². The summed E-state index contributed by atoms with van der Waals surface area (Å²) in [6.07, 6.45) is 0.144. The molecular formula is C25H28N2O6. The molecule has 2 aromatic rings. The number of rotatable bonds is 6. The number of phenolic OH excluding ortho intramolecular Hbond substituents is 1. The Bertz CT molecular complexity index is 1130. The maximum absolute atomic E-state index is 13.7. The Balaban J connectivity index is 1.91. The Morgan fingerprint density at radius 1 is 1.18 bits per heavy atom. The normalized spacial score (nSPS) is 26.7. The number of para-hydroxylation sites is 1. The summed E-state index contributed by atoms with van der Waals surface area (Å²) < 4.78 is 5.22. The van der Waals surface area contributed by atoms with Crippen LogP contribution in [-0.4, -0.2) is 40.6 Å². The molecule has 2 saturated heterocycles. The Hall–Kier alpha value is -3.39. The Kier molecular flexibility index (Phi) is 5.66. The molecule has 0 unspecified atom stereocenters. The molecule has 0 spiro atoms. The standard InChI is InChI=1S/C25H28N2O6/c1-13(2)12-25(24(31)32)19-18(20(26-25)16-9-6-10-17(33-4)21(16)28)22(29)27(23(19)30)15-8-5-7-14(3)11-15/h5-11,13,18-20,26,28H,12H2,1-4H3,(H,31,32)/t18-,19+,20-,25-/m0/s1. The summed E-state index contributed by atoms with van der Waals surface area (Å²) >= 11 is 0. The van der Waals surface area contributed by atoms with Crippen molar-refractivity contribution in [1.82, 2.24) is 5.32 Å². The van der Waals surface area contributed by atoms with Crippen molar-refractivity contribution in [2.75, 3.05) is 12.0 Å². The lowest BCUT2D eigenvalue weighted by atomic mass is 9.75. The number of nitrogens with one attached hydrogen (secondary N) is 1. The minimum Gasteiger partial charge on any atom is -0.504 e. The molecule has 4 atom stereocenters. The highest BCUT2D eigenvalue weighted by Crippen LogP contribution is 2.53. The topological polar surface area (TPSA) is 116 Å². The van der Waals surface area contributed by atoms with Crippen molar-refractivity contribution >= 4 is 23.5 Å². The van der Waals surface area contributed by atoms with Crippen LogP contribution in [0.25, 0.3) is 0 Å². The summed E-state index contributed by atoms with van der Waals surface area (Å²) in [7, 11) is 1.41. The van der Waals surface area contributed by atoms with Crippen molar-refractivity contribution in [2.45, 2.75) is 38.8 Å². The molecule has 2 aromatic carbocycles. The van der Waals surface area contributed by atoms with E-state index in [9.17, 15) is 24.6 Å². The van der Waals surface area contributed by atoms with E-state index in [0.717, 1.165) is 10.5 Å².